The Bertz CT molecular complexity index is 319. The summed E-state index contributed by atoms with van der Waals surface area (Å²) in [5.41, 5.74) is 0.195. The molecule has 0 atom stereocenters. The lowest BCUT2D eigenvalue weighted by Crippen LogP contribution is -2.30. The molecule has 1 rings (SSSR count). The zero-order valence-corrected chi connectivity index (χ0v) is 6.64. The van der Waals surface area contributed by atoms with Gasteiger partial charge in [-0.05, 0) is 11.5 Å². The van der Waals surface area contributed by atoms with Gasteiger partial charge in [0.1, 0.15) is 12.4 Å². The Kier molecular flexibility index (Phi) is 3.10. The predicted octanol–water partition coefficient (Wildman–Crippen LogP) is -0.228. The van der Waals surface area contributed by atoms with Crippen LogP contribution in [0.5, 0.6) is 0 Å². The molecule has 13 heavy (non-hydrogen) atoms. The molecular weight excluding hydrogens is 176 g/mol. The van der Waals surface area contributed by atoms with E-state index in [0.29, 0.717) is 0 Å². The van der Waals surface area contributed by atoms with Crippen molar-refractivity contribution < 1.29 is 14.4 Å². The first kappa shape index (κ1) is 9.82. The van der Waals surface area contributed by atoms with Crippen molar-refractivity contribution in [2.45, 2.75) is 6.54 Å². The van der Waals surface area contributed by atoms with Crippen LogP contribution in [-0.4, -0.2) is 17.2 Å². The van der Waals surface area contributed by atoms with E-state index in [1.807, 2.05) is 0 Å². The lowest BCUT2D eigenvalue weighted by Gasteiger charge is -2.02. The van der Waals surface area contributed by atoms with Crippen molar-refractivity contribution in [1.29, 1.82) is 0 Å². The topological polar surface area (TPSA) is 69.9 Å². The minimum atomic E-state index is -1.66. The van der Waals surface area contributed by atoms with Crippen LogP contribution in [0.25, 0.3) is 0 Å². The van der Waals surface area contributed by atoms with Crippen molar-refractivity contribution in [3.63, 3.8) is 0 Å². The average Bonchev–Trinajstić information content (AvgIpc) is 2.08. The molecule has 0 unspecified atom stereocenters. The lowest BCUT2D eigenvalue weighted by atomic mass is 9.79. The summed E-state index contributed by atoms with van der Waals surface area (Å²) in [5.74, 6) is -0.580. The summed E-state index contributed by atoms with van der Waals surface area (Å²) < 4.78 is 12.9. The molecule has 4 nitrogen and oxygen atoms in total. The molecule has 0 bridgehead atoms. The fourth-order valence-corrected chi connectivity index (χ4v) is 0.946. The van der Waals surface area contributed by atoms with Crippen LogP contribution in [0.15, 0.2) is 23.4 Å². The summed E-state index contributed by atoms with van der Waals surface area (Å²) >= 11 is 0. The number of hydrogen-bond acceptors (Lipinski definition) is 4. The summed E-state index contributed by atoms with van der Waals surface area (Å²) in [6.45, 7) is -0.313. The molecule has 68 valence electrons. The quantitative estimate of drug-likeness (QED) is 0.502. The van der Waals surface area contributed by atoms with Crippen molar-refractivity contribution in [1.82, 2.24) is 0 Å². The molecule has 0 aromatic heterocycles. The maximum atomic E-state index is 12.9. The van der Waals surface area contributed by atoms with Crippen molar-refractivity contribution in [3.05, 3.63) is 34.5 Å². The Labute approximate surface area is 74.1 Å². The Balaban J connectivity index is 3.03. The molecule has 0 radical (unpaired) electrons. The van der Waals surface area contributed by atoms with E-state index in [2.05, 4.69) is 5.18 Å². The third kappa shape index (κ3) is 2.33. The SMILES string of the molecule is O=NCc1cc(B(O)O)ccc1F. The molecular formula is C7H7BFNO3. The van der Waals surface area contributed by atoms with Crippen molar-refractivity contribution in [2.75, 3.05) is 0 Å². The molecule has 1 aromatic rings. The van der Waals surface area contributed by atoms with Crippen LogP contribution in [0.3, 0.4) is 0 Å². The van der Waals surface area contributed by atoms with Crippen LogP contribution >= 0.6 is 0 Å². The first-order valence-corrected chi connectivity index (χ1v) is 3.58. The molecule has 0 fully saturated rings. The van der Waals surface area contributed by atoms with E-state index < -0.39 is 12.9 Å². The van der Waals surface area contributed by atoms with Crippen LogP contribution in [0.4, 0.5) is 4.39 Å². The lowest BCUT2D eigenvalue weighted by molar-refractivity contribution is 0.425. The molecule has 2 N–H and O–H groups in total. The average molecular weight is 183 g/mol. The molecule has 6 heteroatoms. The number of benzene rings is 1. The largest absolute Gasteiger partial charge is 0.488 e. The highest BCUT2D eigenvalue weighted by atomic mass is 19.1. The van der Waals surface area contributed by atoms with E-state index in [4.69, 9.17) is 10.0 Å². The molecule has 0 aliphatic carbocycles. The van der Waals surface area contributed by atoms with Crippen LogP contribution in [0.2, 0.25) is 0 Å². The number of nitrogens with zero attached hydrogens (tertiary/aromatic N) is 1. The van der Waals surface area contributed by atoms with E-state index in [1.54, 1.807) is 0 Å². The molecule has 0 aliphatic rings. The summed E-state index contributed by atoms with van der Waals surface area (Å²) in [5, 5.41) is 20.0. The van der Waals surface area contributed by atoms with Crippen LogP contribution in [0.1, 0.15) is 5.56 Å². The van der Waals surface area contributed by atoms with Gasteiger partial charge in [-0.1, -0.05) is 17.3 Å². The molecule has 1 aromatic carbocycles. The zero-order valence-electron chi connectivity index (χ0n) is 6.64. The fraction of sp³-hybridized carbons (Fsp3) is 0.143. The zero-order chi connectivity index (χ0) is 9.84. The highest BCUT2D eigenvalue weighted by Crippen LogP contribution is 2.06. The Morgan fingerprint density at radius 3 is 2.69 bits per heavy atom. The fourth-order valence-electron chi connectivity index (χ4n) is 0.946. The number of halogens is 1. The monoisotopic (exact) mass is 183 g/mol. The van der Waals surface area contributed by atoms with Crippen LogP contribution < -0.4 is 5.46 Å². The van der Waals surface area contributed by atoms with Gasteiger partial charge in [-0.3, -0.25) is 0 Å². The van der Waals surface area contributed by atoms with Gasteiger partial charge in [-0.2, -0.15) is 4.91 Å². The Morgan fingerprint density at radius 2 is 2.15 bits per heavy atom. The predicted molar refractivity (Wildman–Crippen MR) is 45.7 cm³/mol. The number of hydrogen-bond donors (Lipinski definition) is 2. The van der Waals surface area contributed by atoms with Gasteiger partial charge >= 0.3 is 7.12 Å². The van der Waals surface area contributed by atoms with Crippen molar-refractivity contribution >= 4 is 12.6 Å². The highest BCUT2D eigenvalue weighted by Gasteiger charge is 2.13. The van der Waals surface area contributed by atoms with Gasteiger partial charge in [0.25, 0.3) is 0 Å². The molecule has 0 heterocycles. The van der Waals surface area contributed by atoms with Crippen LogP contribution in [0, 0.1) is 10.7 Å². The van der Waals surface area contributed by atoms with E-state index >= 15 is 0 Å². The van der Waals surface area contributed by atoms with E-state index in [1.165, 1.54) is 12.1 Å². The second-order valence-electron chi connectivity index (χ2n) is 2.51. The second-order valence-corrected chi connectivity index (χ2v) is 2.51. The summed E-state index contributed by atoms with van der Waals surface area (Å²) in [6.07, 6.45) is 0. The molecule has 0 saturated carbocycles. The first-order valence-electron chi connectivity index (χ1n) is 3.58. The van der Waals surface area contributed by atoms with Gasteiger partial charge in [0.15, 0.2) is 0 Å². The number of rotatable bonds is 3. The van der Waals surface area contributed by atoms with E-state index in [-0.39, 0.29) is 17.6 Å². The second kappa shape index (κ2) is 4.11. The standard InChI is InChI=1S/C7H7BFNO3/c9-7-2-1-6(8(11)12)3-5(7)4-10-13/h1-3,11-12H,4H2. The van der Waals surface area contributed by atoms with E-state index in [0.717, 1.165) is 6.07 Å². The van der Waals surface area contributed by atoms with Gasteiger partial charge in [0.2, 0.25) is 0 Å². The van der Waals surface area contributed by atoms with Crippen molar-refractivity contribution in [2.24, 2.45) is 5.18 Å². The third-order valence-electron chi connectivity index (χ3n) is 1.60. The normalized spacial score (nSPS) is 9.77. The molecule has 0 saturated heterocycles. The van der Waals surface area contributed by atoms with Gasteiger partial charge < -0.3 is 10.0 Å². The van der Waals surface area contributed by atoms with Gasteiger partial charge in [0.05, 0.1) is 0 Å². The third-order valence-corrected chi connectivity index (χ3v) is 1.60. The smallest absolute Gasteiger partial charge is 0.423 e. The summed E-state index contributed by atoms with van der Waals surface area (Å²) in [4.78, 5) is 9.87. The molecule has 0 spiro atoms. The Hall–Kier alpha value is -1.27. The Morgan fingerprint density at radius 1 is 1.46 bits per heavy atom. The molecule has 0 amide bonds. The van der Waals surface area contributed by atoms with Crippen LogP contribution in [-0.2, 0) is 6.54 Å². The maximum absolute atomic E-state index is 12.9. The first-order chi connectivity index (χ1) is 6.15. The summed E-state index contributed by atoms with van der Waals surface area (Å²) in [6, 6.07) is 3.49. The van der Waals surface area contributed by atoms with Crippen molar-refractivity contribution in [3.8, 4) is 0 Å². The minimum Gasteiger partial charge on any atom is -0.423 e. The summed E-state index contributed by atoms with van der Waals surface area (Å²) in [7, 11) is -1.66. The van der Waals surface area contributed by atoms with Gasteiger partial charge in [0, 0.05) is 5.56 Å². The number of nitroso groups, excluding NO2 is 1. The maximum Gasteiger partial charge on any atom is 0.488 e. The van der Waals surface area contributed by atoms with E-state index in [9.17, 15) is 9.30 Å². The highest BCUT2D eigenvalue weighted by molar-refractivity contribution is 6.58. The molecule has 0 aliphatic heterocycles. The van der Waals surface area contributed by atoms with Gasteiger partial charge in [-0.25, -0.2) is 4.39 Å². The minimum absolute atomic E-state index is 0.0561. The van der Waals surface area contributed by atoms with Gasteiger partial charge in [-0.15, -0.1) is 0 Å².